The van der Waals surface area contributed by atoms with Crippen molar-refractivity contribution in [1.82, 2.24) is 24.9 Å². The zero-order chi connectivity index (χ0) is 17.0. The third-order valence-corrected chi connectivity index (χ3v) is 4.79. The van der Waals surface area contributed by atoms with Crippen LogP contribution < -0.4 is 0 Å². The van der Waals surface area contributed by atoms with E-state index >= 15 is 0 Å². The van der Waals surface area contributed by atoms with Gasteiger partial charge in [-0.1, -0.05) is 0 Å². The van der Waals surface area contributed by atoms with E-state index in [0.29, 0.717) is 5.82 Å². The number of aromatic amines is 3. The summed E-state index contributed by atoms with van der Waals surface area (Å²) in [7, 11) is 0. The first-order valence-electron chi connectivity index (χ1n) is 8.29. The Morgan fingerprint density at radius 1 is 0.600 bits per heavy atom. The van der Waals surface area contributed by atoms with Crippen molar-refractivity contribution in [2.45, 2.75) is 13.8 Å². The molecule has 4 aromatic rings. The Morgan fingerprint density at radius 3 is 1.96 bits per heavy atom. The highest BCUT2D eigenvalue weighted by molar-refractivity contribution is 5.84. The highest BCUT2D eigenvalue weighted by Gasteiger charge is 2.06. The van der Waals surface area contributed by atoms with Crippen molar-refractivity contribution in [1.29, 1.82) is 0 Å². The fraction of sp³-hybridized carbons (Fsp3) is 0.100. The Labute approximate surface area is 143 Å². The van der Waals surface area contributed by atoms with Crippen molar-refractivity contribution in [2.75, 3.05) is 0 Å². The van der Waals surface area contributed by atoms with Gasteiger partial charge in [-0.25, -0.2) is 9.97 Å². The van der Waals surface area contributed by atoms with E-state index < -0.39 is 0 Å². The van der Waals surface area contributed by atoms with Gasteiger partial charge in [0.1, 0.15) is 5.65 Å². The molecule has 0 saturated heterocycles. The second-order valence-electron chi connectivity index (χ2n) is 6.38. The number of hydrogen-bond donors (Lipinski definition) is 3. The van der Waals surface area contributed by atoms with Gasteiger partial charge in [0.2, 0.25) is 0 Å². The molecular formula is C20H17N5. The maximum absolute atomic E-state index is 4.64. The second-order valence-corrected chi connectivity index (χ2v) is 6.38. The maximum atomic E-state index is 4.64. The Morgan fingerprint density at radius 2 is 1.20 bits per heavy atom. The Bertz CT molecular complexity index is 1270. The van der Waals surface area contributed by atoms with Gasteiger partial charge in [0.05, 0.1) is 16.7 Å². The van der Waals surface area contributed by atoms with E-state index in [1.54, 1.807) is 0 Å². The molecule has 4 aromatic heterocycles. The molecule has 5 rings (SSSR count). The van der Waals surface area contributed by atoms with Gasteiger partial charge in [-0.3, -0.25) is 0 Å². The van der Waals surface area contributed by atoms with E-state index in [2.05, 4.69) is 69.1 Å². The summed E-state index contributed by atoms with van der Waals surface area (Å²) in [6, 6.07) is 12.4. The van der Waals surface area contributed by atoms with Crippen LogP contribution in [0.1, 0.15) is 22.6 Å². The number of nitrogens with zero attached hydrogens (tertiary/aromatic N) is 2. The minimum atomic E-state index is 0.712. The molecule has 5 heteroatoms. The van der Waals surface area contributed by atoms with Gasteiger partial charge in [-0.05, 0) is 73.5 Å². The normalized spacial score (nSPS) is 12.2. The Balaban J connectivity index is 1.98. The van der Waals surface area contributed by atoms with Crippen LogP contribution in [-0.2, 0) is 0 Å². The number of aromatic nitrogens is 5. The van der Waals surface area contributed by atoms with E-state index in [1.807, 2.05) is 18.2 Å². The van der Waals surface area contributed by atoms with E-state index in [0.717, 1.165) is 50.1 Å². The van der Waals surface area contributed by atoms with Crippen LogP contribution in [0.2, 0.25) is 0 Å². The second kappa shape index (κ2) is 5.08. The van der Waals surface area contributed by atoms with Crippen molar-refractivity contribution < 1.29 is 0 Å². The maximum Gasteiger partial charge on any atom is 0.154 e. The molecular weight excluding hydrogens is 310 g/mol. The standard InChI is InChI=1S/C20H17N5/c1-11-13-3-5-17(21-13)18-6-4-14(22-18)12(2)16-8-10-20(24-16)25-19-9-7-15(11)23-19/h3-10,21-22H,1-2H3,(H,23,24,25). The van der Waals surface area contributed by atoms with E-state index in [4.69, 9.17) is 0 Å². The summed E-state index contributed by atoms with van der Waals surface area (Å²) in [5.74, 6) is 0.712. The number of fused-ring (bicyclic) bond motifs is 9. The van der Waals surface area contributed by atoms with Crippen molar-refractivity contribution >= 4 is 45.4 Å². The van der Waals surface area contributed by atoms with Crippen LogP contribution >= 0.6 is 0 Å². The molecule has 0 atom stereocenters. The number of hydrogen-bond acceptors (Lipinski definition) is 2. The fourth-order valence-corrected chi connectivity index (χ4v) is 3.24. The molecule has 0 fully saturated rings. The van der Waals surface area contributed by atoms with Crippen molar-refractivity contribution in [3.8, 4) is 0 Å². The van der Waals surface area contributed by atoms with Gasteiger partial charge in [0.15, 0.2) is 5.82 Å². The number of aryl methyl sites for hydroxylation is 2. The molecule has 5 nitrogen and oxygen atoms in total. The lowest BCUT2D eigenvalue weighted by Crippen LogP contribution is -1.83. The first kappa shape index (κ1) is 14.0. The van der Waals surface area contributed by atoms with Crippen LogP contribution in [0.4, 0.5) is 0 Å². The number of nitrogens with one attached hydrogen (secondary N) is 3. The van der Waals surface area contributed by atoms with Gasteiger partial charge in [-0.2, -0.15) is 0 Å². The van der Waals surface area contributed by atoms with Crippen molar-refractivity contribution in [3.05, 3.63) is 59.0 Å². The van der Waals surface area contributed by atoms with Gasteiger partial charge in [-0.15, -0.1) is 0 Å². The van der Waals surface area contributed by atoms with E-state index in [9.17, 15) is 0 Å². The quantitative estimate of drug-likeness (QED) is 0.385. The average Bonchev–Trinajstić information content (AvgIpc) is 3.38. The molecule has 0 aliphatic carbocycles. The molecule has 1 aliphatic rings. The number of rotatable bonds is 0. The van der Waals surface area contributed by atoms with Crippen LogP contribution in [0.15, 0.2) is 36.4 Å². The first-order chi connectivity index (χ1) is 12.2. The van der Waals surface area contributed by atoms with E-state index in [-0.39, 0.29) is 0 Å². The third-order valence-electron chi connectivity index (χ3n) is 4.79. The summed E-state index contributed by atoms with van der Waals surface area (Å²) in [6.45, 7) is 4.17. The molecule has 5 heterocycles. The molecule has 0 amide bonds. The minimum absolute atomic E-state index is 0.712. The van der Waals surface area contributed by atoms with Gasteiger partial charge < -0.3 is 15.0 Å². The molecule has 8 bridgehead atoms. The fourth-order valence-electron chi connectivity index (χ4n) is 3.24. The van der Waals surface area contributed by atoms with Crippen molar-refractivity contribution in [3.63, 3.8) is 0 Å². The number of H-pyrrole nitrogens is 3. The minimum Gasteiger partial charge on any atom is -0.354 e. The monoisotopic (exact) mass is 327 g/mol. The molecule has 0 aromatic carbocycles. The van der Waals surface area contributed by atoms with Gasteiger partial charge in [0, 0.05) is 16.6 Å². The highest BCUT2D eigenvalue weighted by atomic mass is 14.9. The molecule has 1 aliphatic heterocycles. The van der Waals surface area contributed by atoms with Crippen LogP contribution in [-0.4, -0.2) is 24.9 Å². The molecule has 0 spiro atoms. The Kier molecular flexibility index (Phi) is 2.85. The zero-order valence-electron chi connectivity index (χ0n) is 14.0. The lowest BCUT2D eigenvalue weighted by atomic mass is 10.2. The predicted molar refractivity (Wildman–Crippen MR) is 102 cm³/mol. The topological polar surface area (TPSA) is 73.2 Å². The summed E-state index contributed by atoms with van der Waals surface area (Å²) >= 11 is 0. The predicted octanol–water partition coefficient (Wildman–Crippen LogP) is 4.71. The van der Waals surface area contributed by atoms with Crippen molar-refractivity contribution in [2.24, 2.45) is 0 Å². The summed E-state index contributed by atoms with van der Waals surface area (Å²) < 4.78 is 0. The summed E-state index contributed by atoms with van der Waals surface area (Å²) in [5.41, 5.74) is 9.31. The molecule has 0 radical (unpaired) electrons. The molecule has 122 valence electrons. The summed E-state index contributed by atoms with van der Waals surface area (Å²) in [4.78, 5) is 19.6. The average molecular weight is 327 g/mol. The van der Waals surface area contributed by atoms with Gasteiger partial charge >= 0.3 is 0 Å². The summed E-state index contributed by atoms with van der Waals surface area (Å²) in [6.07, 6.45) is 3.95. The smallest absolute Gasteiger partial charge is 0.154 e. The highest BCUT2D eigenvalue weighted by Crippen LogP contribution is 2.21. The SMILES string of the molecule is Cc1c2nc(nc3ccc([nH]3)c(C)c3ccc([nH]3)c3ccc1[nH]3)C=C2. The molecule has 3 N–H and O–H groups in total. The lowest BCUT2D eigenvalue weighted by molar-refractivity contribution is 1.17. The molecule has 0 saturated carbocycles. The van der Waals surface area contributed by atoms with E-state index in [1.165, 1.54) is 0 Å². The molecule has 25 heavy (non-hydrogen) atoms. The summed E-state index contributed by atoms with van der Waals surface area (Å²) in [5, 5.41) is 0. The van der Waals surface area contributed by atoms with Crippen LogP contribution in [0.3, 0.4) is 0 Å². The molecule has 0 unspecified atom stereocenters. The zero-order valence-corrected chi connectivity index (χ0v) is 14.0. The van der Waals surface area contributed by atoms with Gasteiger partial charge in [0.25, 0.3) is 0 Å². The Hall–Kier alpha value is -3.34. The third kappa shape index (κ3) is 2.24. The van der Waals surface area contributed by atoms with Crippen LogP contribution in [0.5, 0.6) is 0 Å². The van der Waals surface area contributed by atoms with Crippen LogP contribution in [0, 0.1) is 13.8 Å². The lowest BCUT2D eigenvalue weighted by Gasteiger charge is -1.92. The van der Waals surface area contributed by atoms with Crippen LogP contribution in [0.25, 0.3) is 45.4 Å². The largest absolute Gasteiger partial charge is 0.354 e. The first-order valence-corrected chi connectivity index (χ1v) is 8.29.